The predicted molar refractivity (Wildman–Crippen MR) is 69.7 cm³/mol. The van der Waals surface area contributed by atoms with Gasteiger partial charge < -0.3 is 18.3 Å². The second kappa shape index (κ2) is 4.98. The molecule has 3 heterocycles. The van der Waals surface area contributed by atoms with Gasteiger partial charge in [-0.15, -0.1) is 10.2 Å². The van der Waals surface area contributed by atoms with Crippen LogP contribution in [-0.2, 0) is 10.9 Å². The van der Waals surface area contributed by atoms with Gasteiger partial charge >= 0.3 is 12.1 Å². The molecule has 0 amide bonds. The first-order valence-electron chi connectivity index (χ1n) is 6.69. The maximum absolute atomic E-state index is 12.5. The van der Waals surface area contributed by atoms with Crippen molar-refractivity contribution in [3.63, 3.8) is 0 Å². The van der Waals surface area contributed by atoms with E-state index in [1.807, 2.05) is 0 Å². The second-order valence-corrected chi connectivity index (χ2v) is 4.96. The van der Waals surface area contributed by atoms with Gasteiger partial charge in [-0.25, -0.2) is 0 Å². The number of epoxide rings is 1. The number of furan rings is 1. The molecule has 3 aromatic rings. The molecule has 2 aromatic heterocycles. The van der Waals surface area contributed by atoms with Crippen molar-refractivity contribution in [2.75, 3.05) is 13.2 Å². The summed E-state index contributed by atoms with van der Waals surface area (Å²) in [4.78, 5) is 0. The van der Waals surface area contributed by atoms with Crippen molar-refractivity contribution in [2.24, 2.45) is 0 Å². The first kappa shape index (κ1) is 14.1. The molecule has 0 aliphatic carbocycles. The number of halogens is 3. The molecule has 1 unspecified atom stereocenters. The van der Waals surface area contributed by atoms with Crippen LogP contribution < -0.4 is 4.74 Å². The van der Waals surface area contributed by atoms with Crippen LogP contribution in [0.4, 0.5) is 13.2 Å². The Balaban J connectivity index is 1.68. The van der Waals surface area contributed by atoms with Crippen LogP contribution in [-0.4, -0.2) is 29.5 Å². The Labute approximate surface area is 126 Å². The third kappa shape index (κ3) is 2.74. The quantitative estimate of drug-likeness (QED) is 0.685. The number of nitrogens with zero attached hydrogens (tertiary/aromatic N) is 2. The second-order valence-electron chi connectivity index (χ2n) is 4.96. The molecule has 1 saturated heterocycles. The Morgan fingerprint density at radius 3 is 2.74 bits per heavy atom. The summed E-state index contributed by atoms with van der Waals surface area (Å²) in [6.07, 6.45) is -4.61. The highest BCUT2D eigenvalue weighted by Crippen LogP contribution is 2.35. The van der Waals surface area contributed by atoms with E-state index in [0.717, 1.165) is 0 Å². The van der Waals surface area contributed by atoms with E-state index in [2.05, 4.69) is 14.6 Å². The van der Waals surface area contributed by atoms with Gasteiger partial charge in [-0.05, 0) is 12.1 Å². The Kier molecular flexibility index (Phi) is 3.05. The molecule has 0 radical (unpaired) electrons. The monoisotopic (exact) mass is 326 g/mol. The summed E-state index contributed by atoms with van der Waals surface area (Å²) in [5.41, 5.74) is 0.445. The summed E-state index contributed by atoms with van der Waals surface area (Å²) in [6, 6.07) is 6.62. The number of hydrogen-bond acceptors (Lipinski definition) is 6. The zero-order valence-corrected chi connectivity index (χ0v) is 11.5. The van der Waals surface area contributed by atoms with Gasteiger partial charge in [0.2, 0.25) is 0 Å². The minimum atomic E-state index is -4.70. The lowest BCUT2D eigenvalue weighted by Gasteiger charge is -2.04. The Bertz CT molecular complexity index is 851. The number of benzene rings is 1. The van der Waals surface area contributed by atoms with Gasteiger partial charge in [-0.3, -0.25) is 0 Å². The fourth-order valence-electron chi connectivity index (χ4n) is 2.05. The molecule has 6 nitrogen and oxygen atoms in total. The Morgan fingerprint density at radius 2 is 2.04 bits per heavy atom. The maximum atomic E-state index is 12.5. The number of ether oxygens (including phenoxy) is 2. The summed E-state index contributed by atoms with van der Waals surface area (Å²) in [6.45, 7) is 1.06. The van der Waals surface area contributed by atoms with E-state index in [0.29, 0.717) is 29.9 Å². The summed E-state index contributed by atoms with van der Waals surface area (Å²) in [7, 11) is 0. The van der Waals surface area contributed by atoms with E-state index in [1.165, 1.54) is 6.07 Å². The van der Waals surface area contributed by atoms with E-state index in [4.69, 9.17) is 13.9 Å². The molecule has 1 aliphatic rings. The van der Waals surface area contributed by atoms with Crippen molar-refractivity contribution >= 4 is 11.0 Å². The molecular formula is C14H9F3N2O4. The van der Waals surface area contributed by atoms with Crippen LogP contribution in [0.2, 0.25) is 0 Å². The molecule has 0 N–H and O–H groups in total. The summed E-state index contributed by atoms with van der Waals surface area (Å²) in [5, 5.41) is 6.95. The molecule has 120 valence electrons. The predicted octanol–water partition coefficient (Wildman–Crippen LogP) is 3.28. The Hall–Kier alpha value is -2.55. The lowest BCUT2D eigenvalue weighted by atomic mass is 10.2. The highest BCUT2D eigenvalue weighted by molar-refractivity contribution is 5.87. The fraction of sp³-hybridized carbons (Fsp3) is 0.286. The first-order chi connectivity index (χ1) is 11.0. The number of rotatable bonds is 4. The van der Waals surface area contributed by atoms with Crippen molar-refractivity contribution in [1.29, 1.82) is 0 Å². The third-order valence-electron chi connectivity index (χ3n) is 3.23. The highest BCUT2D eigenvalue weighted by Gasteiger charge is 2.38. The molecule has 0 spiro atoms. The van der Waals surface area contributed by atoms with Gasteiger partial charge in [0, 0.05) is 6.07 Å². The van der Waals surface area contributed by atoms with Gasteiger partial charge in [0.05, 0.1) is 12.0 Å². The molecule has 1 fully saturated rings. The molecule has 1 aliphatic heterocycles. The van der Waals surface area contributed by atoms with Crippen molar-refractivity contribution in [3.8, 4) is 17.4 Å². The van der Waals surface area contributed by atoms with Gasteiger partial charge in [0.1, 0.15) is 24.0 Å². The van der Waals surface area contributed by atoms with E-state index >= 15 is 0 Å². The van der Waals surface area contributed by atoms with E-state index in [9.17, 15) is 13.2 Å². The fourth-order valence-corrected chi connectivity index (χ4v) is 2.05. The van der Waals surface area contributed by atoms with Crippen molar-refractivity contribution < 1.29 is 31.5 Å². The standard InChI is InChI=1S/C14H9F3N2O4/c15-14(16,17)13-19-18-12(23-13)11-4-8-9(21-6-7-5-20-7)2-1-3-10(8)22-11/h1-4,7H,5-6H2. The molecule has 1 aromatic carbocycles. The minimum absolute atomic E-state index is 0.0433. The van der Waals surface area contributed by atoms with Gasteiger partial charge in [0.15, 0.2) is 5.76 Å². The zero-order chi connectivity index (χ0) is 16.0. The van der Waals surface area contributed by atoms with Crippen LogP contribution >= 0.6 is 0 Å². The average Bonchev–Trinajstić information content (AvgIpc) is 3.01. The molecule has 0 saturated carbocycles. The van der Waals surface area contributed by atoms with Gasteiger partial charge in [-0.2, -0.15) is 13.2 Å². The SMILES string of the molecule is FC(F)(F)c1nnc(-c2cc3c(OCC4CO4)cccc3o2)o1. The average molecular weight is 326 g/mol. The van der Waals surface area contributed by atoms with Crippen LogP contribution in [0.15, 0.2) is 33.1 Å². The van der Waals surface area contributed by atoms with E-state index in [-0.39, 0.29) is 17.8 Å². The highest BCUT2D eigenvalue weighted by atomic mass is 19.4. The van der Waals surface area contributed by atoms with Crippen LogP contribution in [0.5, 0.6) is 5.75 Å². The first-order valence-corrected chi connectivity index (χ1v) is 6.69. The normalized spacial score (nSPS) is 17.6. The molecule has 0 bridgehead atoms. The van der Waals surface area contributed by atoms with Crippen LogP contribution in [0.1, 0.15) is 5.89 Å². The summed E-state index contributed by atoms with van der Waals surface area (Å²) in [5.74, 6) is -1.18. The minimum Gasteiger partial charge on any atom is -0.490 e. The number of fused-ring (bicyclic) bond motifs is 1. The lowest BCUT2D eigenvalue weighted by molar-refractivity contribution is -0.157. The molecule has 4 rings (SSSR count). The molecule has 1 atom stereocenters. The lowest BCUT2D eigenvalue weighted by Crippen LogP contribution is -2.04. The summed E-state index contributed by atoms with van der Waals surface area (Å²) >= 11 is 0. The topological polar surface area (TPSA) is 73.8 Å². The number of hydrogen-bond donors (Lipinski definition) is 0. The third-order valence-corrected chi connectivity index (χ3v) is 3.23. The molecule has 23 heavy (non-hydrogen) atoms. The largest absolute Gasteiger partial charge is 0.490 e. The van der Waals surface area contributed by atoms with Crippen molar-refractivity contribution in [1.82, 2.24) is 10.2 Å². The van der Waals surface area contributed by atoms with Crippen LogP contribution in [0.25, 0.3) is 22.6 Å². The van der Waals surface area contributed by atoms with Crippen molar-refractivity contribution in [2.45, 2.75) is 12.3 Å². The number of alkyl halides is 3. The summed E-state index contributed by atoms with van der Waals surface area (Å²) < 4.78 is 58.3. The van der Waals surface area contributed by atoms with Gasteiger partial charge in [-0.1, -0.05) is 6.07 Å². The zero-order valence-electron chi connectivity index (χ0n) is 11.5. The molecule has 9 heteroatoms. The van der Waals surface area contributed by atoms with E-state index in [1.54, 1.807) is 18.2 Å². The van der Waals surface area contributed by atoms with Gasteiger partial charge in [0.25, 0.3) is 5.89 Å². The molecular weight excluding hydrogens is 317 g/mol. The van der Waals surface area contributed by atoms with Crippen LogP contribution in [0.3, 0.4) is 0 Å². The van der Waals surface area contributed by atoms with Crippen LogP contribution in [0, 0.1) is 0 Å². The van der Waals surface area contributed by atoms with E-state index < -0.39 is 12.1 Å². The number of aromatic nitrogens is 2. The Morgan fingerprint density at radius 1 is 1.22 bits per heavy atom. The maximum Gasteiger partial charge on any atom is 0.470 e. The van der Waals surface area contributed by atoms with Crippen molar-refractivity contribution in [3.05, 3.63) is 30.2 Å². The smallest absolute Gasteiger partial charge is 0.470 e.